The Morgan fingerprint density at radius 2 is 1.76 bits per heavy atom. The second-order valence-corrected chi connectivity index (χ2v) is 5.16. The minimum atomic E-state index is -0.546. The summed E-state index contributed by atoms with van der Waals surface area (Å²) in [6, 6.07) is 16.6. The number of oxime groups is 1. The zero-order chi connectivity index (χ0) is 15.1. The lowest BCUT2D eigenvalue weighted by Crippen LogP contribution is -2.13. The highest BCUT2D eigenvalue weighted by molar-refractivity contribution is 9.10. The second-order valence-electron chi connectivity index (χ2n) is 4.25. The van der Waals surface area contributed by atoms with Crippen LogP contribution in [-0.4, -0.2) is 18.3 Å². The van der Waals surface area contributed by atoms with Gasteiger partial charge in [0.15, 0.2) is 6.61 Å². The van der Waals surface area contributed by atoms with Crippen molar-refractivity contribution < 1.29 is 14.4 Å². The fourth-order valence-corrected chi connectivity index (χ4v) is 1.81. The average Bonchev–Trinajstić information content (AvgIpc) is 2.52. The third kappa shape index (κ3) is 5.04. The van der Waals surface area contributed by atoms with Gasteiger partial charge in [0.1, 0.15) is 5.75 Å². The lowest BCUT2D eigenvalue weighted by atomic mass is 10.1. The van der Waals surface area contributed by atoms with Gasteiger partial charge >= 0.3 is 5.97 Å². The molecule has 0 spiro atoms. The monoisotopic (exact) mass is 347 g/mol. The summed E-state index contributed by atoms with van der Waals surface area (Å²) >= 11 is 3.36. The summed E-state index contributed by atoms with van der Waals surface area (Å²) in [5, 5.41) is 3.81. The van der Waals surface area contributed by atoms with Crippen LogP contribution in [0.25, 0.3) is 0 Å². The van der Waals surface area contributed by atoms with Crippen LogP contribution in [-0.2, 0) is 9.63 Å². The molecule has 2 aromatic rings. The molecule has 0 atom stereocenters. The van der Waals surface area contributed by atoms with Crippen LogP contribution in [0.15, 0.2) is 64.2 Å². The van der Waals surface area contributed by atoms with Crippen LogP contribution in [0.3, 0.4) is 0 Å². The minimum Gasteiger partial charge on any atom is -0.482 e. The minimum absolute atomic E-state index is 0.179. The van der Waals surface area contributed by atoms with Gasteiger partial charge in [-0.1, -0.05) is 51.4 Å². The fourth-order valence-electron chi connectivity index (χ4n) is 1.55. The van der Waals surface area contributed by atoms with Crippen LogP contribution < -0.4 is 4.74 Å². The summed E-state index contributed by atoms with van der Waals surface area (Å²) in [5.74, 6) is 0.0679. The maximum atomic E-state index is 11.5. The lowest BCUT2D eigenvalue weighted by molar-refractivity contribution is -0.146. The van der Waals surface area contributed by atoms with Crippen LogP contribution in [0, 0.1) is 0 Å². The predicted octanol–water partition coefficient (Wildman–Crippen LogP) is 3.80. The van der Waals surface area contributed by atoms with Gasteiger partial charge in [-0.2, -0.15) is 0 Å². The van der Waals surface area contributed by atoms with Gasteiger partial charge in [0.25, 0.3) is 0 Å². The van der Waals surface area contributed by atoms with Crippen molar-refractivity contribution >= 4 is 27.6 Å². The number of carbonyl (C=O) groups is 1. The van der Waals surface area contributed by atoms with E-state index < -0.39 is 5.97 Å². The average molecular weight is 348 g/mol. The largest absolute Gasteiger partial charge is 0.482 e. The SMILES string of the molecule is C/C(=N/OC(=O)COc1ccccc1)c1ccc(Br)cc1. The third-order valence-electron chi connectivity index (χ3n) is 2.65. The molecule has 0 aliphatic carbocycles. The first-order valence-corrected chi connectivity index (χ1v) is 7.12. The number of carbonyl (C=O) groups excluding carboxylic acids is 1. The van der Waals surface area contributed by atoms with E-state index in [1.165, 1.54) is 0 Å². The van der Waals surface area contributed by atoms with Gasteiger partial charge in [-0.25, -0.2) is 4.79 Å². The van der Waals surface area contributed by atoms with Crippen LogP contribution in [0.4, 0.5) is 0 Å². The van der Waals surface area contributed by atoms with Crippen molar-refractivity contribution in [2.24, 2.45) is 5.16 Å². The Morgan fingerprint density at radius 1 is 1.10 bits per heavy atom. The van der Waals surface area contributed by atoms with Crippen molar-refractivity contribution in [3.63, 3.8) is 0 Å². The molecule has 0 fully saturated rings. The molecule has 0 saturated carbocycles. The molecule has 2 rings (SSSR count). The van der Waals surface area contributed by atoms with E-state index in [1.54, 1.807) is 19.1 Å². The molecule has 0 heterocycles. The van der Waals surface area contributed by atoms with E-state index in [9.17, 15) is 4.79 Å². The molecule has 4 nitrogen and oxygen atoms in total. The summed E-state index contributed by atoms with van der Waals surface area (Å²) in [6.07, 6.45) is 0. The molecule has 5 heteroatoms. The van der Waals surface area contributed by atoms with Crippen LogP contribution in [0.5, 0.6) is 5.75 Å². The van der Waals surface area contributed by atoms with Crippen LogP contribution >= 0.6 is 15.9 Å². The Kier molecular flexibility index (Phi) is 5.51. The molecule has 0 amide bonds. The van der Waals surface area contributed by atoms with Crippen molar-refractivity contribution in [3.05, 3.63) is 64.6 Å². The van der Waals surface area contributed by atoms with Crippen molar-refractivity contribution in [1.82, 2.24) is 0 Å². The summed E-state index contributed by atoms with van der Waals surface area (Å²) in [7, 11) is 0. The van der Waals surface area contributed by atoms with Gasteiger partial charge in [-0.05, 0) is 36.8 Å². The maximum Gasteiger partial charge on any atom is 0.372 e. The van der Waals surface area contributed by atoms with E-state index in [0.29, 0.717) is 11.5 Å². The second kappa shape index (κ2) is 7.59. The van der Waals surface area contributed by atoms with Crippen molar-refractivity contribution in [2.75, 3.05) is 6.61 Å². The molecule has 0 aliphatic rings. The Labute approximate surface area is 131 Å². The molecule has 0 bridgehead atoms. The molecule has 0 N–H and O–H groups in total. The van der Waals surface area contributed by atoms with Crippen molar-refractivity contribution in [3.8, 4) is 5.75 Å². The van der Waals surface area contributed by atoms with Gasteiger partial charge in [0.2, 0.25) is 0 Å². The van der Waals surface area contributed by atoms with E-state index in [1.807, 2.05) is 42.5 Å². The number of para-hydroxylation sites is 1. The van der Waals surface area contributed by atoms with Crippen molar-refractivity contribution in [1.29, 1.82) is 0 Å². The van der Waals surface area contributed by atoms with Gasteiger partial charge in [-0.3, -0.25) is 0 Å². The highest BCUT2D eigenvalue weighted by atomic mass is 79.9. The van der Waals surface area contributed by atoms with E-state index in [-0.39, 0.29) is 6.61 Å². The molecule has 21 heavy (non-hydrogen) atoms. The molecule has 0 unspecified atom stereocenters. The van der Waals surface area contributed by atoms with E-state index in [0.717, 1.165) is 10.0 Å². The zero-order valence-corrected chi connectivity index (χ0v) is 13.0. The first kappa shape index (κ1) is 15.3. The Morgan fingerprint density at radius 3 is 2.43 bits per heavy atom. The van der Waals surface area contributed by atoms with Gasteiger partial charge in [-0.15, -0.1) is 0 Å². The van der Waals surface area contributed by atoms with Crippen molar-refractivity contribution in [2.45, 2.75) is 6.92 Å². The summed E-state index contributed by atoms with van der Waals surface area (Å²) in [4.78, 5) is 16.4. The van der Waals surface area contributed by atoms with Crippen LogP contribution in [0.1, 0.15) is 12.5 Å². The van der Waals surface area contributed by atoms with E-state index in [2.05, 4.69) is 21.1 Å². The zero-order valence-electron chi connectivity index (χ0n) is 11.5. The highest BCUT2D eigenvalue weighted by Gasteiger charge is 2.05. The van der Waals surface area contributed by atoms with E-state index >= 15 is 0 Å². The number of hydrogen-bond acceptors (Lipinski definition) is 4. The summed E-state index contributed by atoms with van der Waals surface area (Å²) in [6.45, 7) is 1.59. The van der Waals surface area contributed by atoms with E-state index in [4.69, 9.17) is 9.57 Å². The normalized spacial score (nSPS) is 11.0. The Balaban J connectivity index is 1.85. The highest BCUT2D eigenvalue weighted by Crippen LogP contribution is 2.11. The molecule has 108 valence electrons. The molecule has 0 aliphatic heterocycles. The first-order valence-electron chi connectivity index (χ1n) is 6.33. The quantitative estimate of drug-likeness (QED) is 0.469. The Bertz CT molecular complexity index is 624. The smallest absolute Gasteiger partial charge is 0.372 e. The van der Waals surface area contributed by atoms with Gasteiger partial charge < -0.3 is 9.57 Å². The number of benzene rings is 2. The molecule has 0 radical (unpaired) electrons. The molecule has 0 saturated heterocycles. The third-order valence-corrected chi connectivity index (χ3v) is 3.17. The maximum absolute atomic E-state index is 11.5. The molecule has 0 aromatic heterocycles. The summed E-state index contributed by atoms with van der Waals surface area (Å²) < 4.78 is 6.25. The number of hydrogen-bond donors (Lipinski definition) is 0. The molecular formula is C16H14BrNO3. The predicted molar refractivity (Wildman–Crippen MR) is 84.4 cm³/mol. The first-order chi connectivity index (χ1) is 10.1. The topological polar surface area (TPSA) is 47.9 Å². The number of rotatable bonds is 5. The Hall–Kier alpha value is -2.14. The fraction of sp³-hybridized carbons (Fsp3) is 0.125. The molecule has 2 aromatic carbocycles. The van der Waals surface area contributed by atoms with Gasteiger partial charge in [0, 0.05) is 4.47 Å². The number of ether oxygens (including phenoxy) is 1. The lowest BCUT2D eigenvalue weighted by Gasteiger charge is -2.04. The standard InChI is InChI=1S/C16H14BrNO3/c1-12(13-7-9-14(17)10-8-13)18-21-16(19)11-20-15-5-3-2-4-6-15/h2-10H,11H2,1H3/b18-12-. The number of halogens is 1. The summed E-state index contributed by atoms with van der Waals surface area (Å²) in [5.41, 5.74) is 1.51. The molecular weight excluding hydrogens is 334 g/mol. The number of nitrogens with zero attached hydrogens (tertiary/aromatic N) is 1. The van der Waals surface area contributed by atoms with Crippen LogP contribution in [0.2, 0.25) is 0 Å². The van der Waals surface area contributed by atoms with Gasteiger partial charge in [0.05, 0.1) is 5.71 Å².